The summed E-state index contributed by atoms with van der Waals surface area (Å²) in [5.74, 6) is -3.07. The summed E-state index contributed by atoms with van der Waals surface area (Å²) in [6.45, 7) is 0. The monoisotopic (exact) mass is 542 g/mol. The predicted molar refractivity (Wildman–Crippen MR) is 119 cm³/mol. The molecule has 0 spiro atoms. The smallest absolute Gasteiger partial charge is 0.269 e. The van der Waals surface area contributed by atoms with Crippen LogP contribution in [0, 0.1) is 33.8 Å². The van der Waals surface area contributed by atoms with E-state index in [1.807, 2.05) is 0 Å². The van der Waals surface area contributed by atoms with Crippen LogP contribution in [0.15, 0.2) is 34.3 Å². The fourth-order valence-corrected chi connectivity index (χ4v) is 8.81. The Kier molecular flexibility index (Phi) is 4.73. The molecule has 1 aromatic rings. The molecule has 3 fully saturated rings. The van der Waals surface area contributed by atoms with E-state index >= 15 is 0 Å². The van der Waals surface area contributed by atoms with Crippen LogP contribution in [-0.4, -0.2) is 30.8 Å². The number of benzene rings is 1. The molecule has 6 atom stereocenters. The van der Waals surface area contributed by atoms with E-state index in [-0.39, 0.29) is 34.3 Å². The average Bonchev–Trinajstić information content (AvgIpc) is 3.10. The molecule has 0 radical (unpaired) electrons. The molecule has 0 aromatic heterocycles. The van der Waals surface area contributed by atoms with E-state index in [1.54, 1.807) is 0 Å². The van der Waals surface area contributed by atoms with Crippen molar-refractivity contribution < 1.29 is 14.5 Å². The number of amides is 2. The second-order valence-corrected chi connectivity index (χ2v) is 11.6. The van der Waals surface area contributed by atoms with Crippen molar-refractivity contribution in [2.45, 2.75) is 26.9 Å². The number of nitrogens with zero attached hydrogens (tertiary/aromatic N) is 2. The second kappa shape index (κ2) is 6.64. The standard InChI is InChI=1S/C19H12Cl6N2O4/c20-13-14(21)18(23)12-6-10-9(5-11(12)17(13,22)19(18,24)25)15(28)26(16(10)29)7-1-3-8(4-2-7)27(30)31/h1-4,9-12H,5-6H2/t9?,10?,11-,12?,17?,18?/m1/s1. The van der Waals surface area contributed by atoms with Gasteiger partial charge in [-0.1, -0.05) is 46.4 Å². The number of nitro benzene ring substituents is 1. The van der Waals surface area contributed by atoms with E-state index < -0.39 is 54.5 Å². The Morgan fingerprint density at radius 1 is 0.871 bits per heavy atom. The molecule has 1 aliphatic heterocycles. The van der Waals surface area contributed by atoms with Gasteiger partial charge in [0.25, 0.3) is 5.69 Å². The highest BCUT2D eigenvalue weighted by molar-refractivity contribution is 6.65. The number of carbonyl (C=O) groups excluding carboxylic acids is 2. The molecule has 2 bridgehead atoms. The molecule has 3 aliphatic carbocycles. The van der Waals surface area contributed by atoms with Gasteiger partial charge >= 0.3 is 0 Å². The van der Waals surface area contributed by atoms with Gasteiger partial charge in [0, 0.05) is 12.1 Å². The number of fused-ring (bicyclic) bond motifs is 6. The van der Waals surface area contributed by atoms with Gasteiger partial charge in [-0.05, 0) is 36.8 Å². The number of nitro groups is 1. The van der Waals surface area contributed by atoms with Crippen LogP contribution in [0.2, 0.25) is 0 Å². The highest BCUT2D eigenvalue weighted by Crippen LogP contribution is 2.79. The SMILES string of the molecule is O=C1C2CC3[C@@H](CC2C(=O)N1c1ccc([N+](=O)[O-])cc1)C1(Cl)C(Cl)=C(Cl)C3(Cl)C1(Cl)Cl. The Morgan fingerprint density at radius 2 is 1.29 bits per heavy atom. The summed E-state index contributed by atoms with van der Waals surface area (Å²) in [6, 6.07) is 5.24. The number of carbonyl (C=O) groups is 2. The number of imide groups is 1. The van der Waals surface area contributed by atoms with Crippen molar-refractivity contribution in [2.24, 2.45) is 23.7 Å². The summed E-state index contributed by atoms with van der Waals surface area (Å²) in [4.78, 5) is 34.9. The molecule has 2 saturated carbocycles. The third-order valence-corrected chi connectivity index (χ3v) is 11.5. The highest BCUT2D eigenvalue weighted by Gasteiger charge is 2.83. The Balaban J connectivity index is 1.52. The zero-order chi connectivity index (χ0) is 22.7. The van der Waals surface area contributed by atoms with Crippen LogP contribution in [0.3, 0.4) is 0 Å². The molecule has 2 amide bonds. The van der Waals surface area contributed by atoms with Crippen molar-refractivity contribution in [2.75, 3.05) is 4.90 Å². The molecular weight excluding hydrogens is 533 g/mol. The summed E-state index contributed by atoms with van der Waals surface area (Å²) in [5, 5.41) is 11.0. The van der Waals surface area contributed by atoms with Gasteiger partial charge in [0.05, 0.1) is 32.5 Å². The quantitative estimate of drug-likeness (QED) is 0.211. The maximum absolute atomic E-state index is 13.2. The average molecular weight is 545 g/mol. The minimum absolute atomic E-state index is 0.0690. The molecule has 1 heterocycles. The van der Waals surface area contributed by atoms with E-state index in [2.05, 4.69) is 0 Å². The van der Waals surface area contributed by atoms with Gasteiger partial charge in [-0.3, -0.25) is 24.6 Å². The zero-order valence-electron chi connectivity index (χ0n) is 15.3. The van der Waals surface area contributed by atoms with Crippen LogP contribution in [0.1, 0.15) is 12.8 Å². The minimum atomic E-state index is -1.71. The molecule has 5 rings (SSSR count). The first-order valence-corrected chi connectivity index (χ1v) is 11.6. The number of allylic oxidation sites excluding steroid dienone is 2. The lowest BCUT2D eigenvalue weighted by Gasteiger charge is -2.42. The predicted octanol–water partition coefficient (Wildman–Crippen LogP) is 5.57. The lowest BCUT2D eigenvalue weighted by atomic mass is 9.65. The van der Waals surface area contributed by atoms with Crippen molar-refractivity contribution in [1.29, 1.82) is 0 Å². The number of non-ortho nitro benzene ring substituents is 1. The zero-order valence-corrected chi connectivity index (χ0v) is 19.9. The number of alkyl halides is 4. The first-order chi connectivity index (χ1) is 14.4. The van der Waals surface area contributed by atoms with Crippen LogP contribution in [-0.2, 0) is 9.59 Å². The number of rotatable bonds is 2. The van der Waals surface area contributed by atoms with Gasteiger partial charge in [0.15, 0.2) is 4.33 Å². The van der Waals surface area contributed by atoms with Crippen LogP contribution in [0.5, 0.6) is 0 Å². The first-order valence-electron chi connectivity index (χ1n) is 9.33. The topological polar surface area (TPSA) is 80.5 Å². The Bertz CT molecular complexity index is 1040. The van der Waals surface area contributed by atoms with E-state index in [9.17, 15) is 19.7 Å². The summed E-state index contributed by atoms with van der Waals surface area (Å²) >= 11 is 39.8. The minimum Gasteiger partial charge on any atom is -0.274 e. The normalized spacial score (nSPS) is 40.4. The van der Waals surface area contributed by atoms with Gasteiger partial charge in [0.2, 0.25) is 11.8 Å². The molecule has 5 unspecified atom stereocenters. The van der Waals surface area contributed by atoms with Gasteiger partial charge < -0.3 is 0 Å². The molecular formula is C19H12Cl6N2O4. The number of hydrogen-bond donors (Lipinski definition) is 0. The van der Waals surface area contributed by atoms with Crippen LogP contribution >= 0.6 is 69.6 Å². The van der Waals surface area contributed by atoms with Crippen molar-refractivity contribution in [3.8, 4) is 0 Å². The van der Waals surface area contributed by atoms with Crippen LogP contribution in [0.4, 0.5) is 11.4 Å². The number of halogens is 6. The Morgan fingerprint density at radius 3 is 1.68 bits per heavy atom. The van der Waals surface area contributed by atoms with Gasteiger partial charge in [-0.25, -0.2) is 0 Å². The van der Waals surface area contributed by atoms with Crippen LogP contribution < -0.4 is 4.90 Å². The third kappa shape index (κ3) is 2.39. The van der Waals surface area contributed by atoms with Crippen molar-refractivity contribution >= 4 is 92.8 Å². The molecule has 6 nitrogen and oxygen atoms in total. The molecule has 4 aliphatic rings. The van der Waals surface area contributed by atoms with Crippen molar-refractivity contribution in [3.05, 3.63) is 44.4 Å². The molecule has 31 heavy (non-hydrogen) atoms. The first kappa shape index (κ1) is 22.1. The van der Waals surface area contributed by atoms with Gasteiger partial charge in [-0.2, -0.15) is 0 Å². The van der Waals surface area contributed by atoms with E-state index in [1.165, 1.54) is 24.3 Å². The molecule has 1 saturated heterocycles. The third-order valence-electron chi connectivity index (χ3n) is 7.15. The van der Waals surface area contributed by atoms with E-state index in [0.717, 1.165) is 4.90 Å². The van der Waals surface area contributed by atoms with Crippen molar-refractivity contribution in [3.63, 3.8) is 0 Å². The van der Waals surface area contributed by atoms with E-state index in [4.69, 9.17) is 69.6 Å². The lowest BCUT2D eigenvalue weighted by Crippen LogP contribution is -2.44. The summed E-state index contributed by atoms with van der Waals surface area (Å²) in [5.41, 5.74) is 0.123. The Hall–Kier alpha value is -0.760. The maximum atomic E-state index is 13.2. The highest BCUT2D eigenvalue weighted by atomic mass is 35.5. The van der Waals surface area contributed by atoms with Gasteiger partial charge in [-0.15, -0.1) is 23.2 Å². The lowest BCUT2D eigenvalue weighted by molar-refractivity contribution is -0.384. The largest absolute Gasteiger partial charge is 0.274 e. The number of hydrogen-bond acceptors (Lipinski definition) is 4. The summed E-state index contributed by atoms with van der Waals surface area (Å²) < 4.78 is -1.71. The molecule has 12 heteroatoms. The fraction of sp³-hybridized carbons (Fsp3) is 0.474. The number of anilines is 1. The maximum Gasteiger partial charge on any atom is 0.269 e. The van der Waals surface area contributed by atoms with Crippen molar-refractivity contribution in [1.82, 2.24) is 0 Å². The van der Waals surface area contributed by atoms with Crippen LogP contribution in [0.25, 0.3) is 0 Å². The molecule has 164 valence electrons. The van der Waals surface area contributed by atoms with E-state index in [0.29, 0.717) is 0 Å². The second-order valence-electron chi connectivity index (χ2n) is 8.31. The fourth-order valence-electron chi connectivity index (χ4n) is 5.70. The Labute approximate surface area is 206 Å². The summed E-state index contributed by atoms with van der Waals surface area (Å²) in [7, 11) is 0. The summed E-state index contributed by atoms with van der Waals surface area (Å²) in [6.07, 6.45) is 0.422. The van der Waals surface area contributed by atoms with Gasteiger partial charge in [0.1, 0.15) is 9.75 Å². The molecule has 1 aromatic carbocycles. The molecule has 0 N–H and O–H groups in total.